The summed E-state index contributed by atoms with van der Waals surface area (Å²) in [6.07, 6.45) is 4.48. The maximum absolute atomic E-state index is 12.7. The molecule has 0 radical (unpaired) electrons. The van der Waals surface area contributed by atoms with E-state index in [0.717, 1.165) is 56.8 Å². The fourth-order valence-electron chi connectivity index (χ4n) is 4.00. The average molecular weight is 389 g/mol. The summed E-state index contributed by atoms with van der Waals surface area (Å²) in [7, 11) is 1.61. The lowest BCUT2D eigenvalue weighted by atomic mass is 9.99. The molecule has 0 spiro atoms. The van der Waals surface area contributed by atoms with Crippen LogP contribution in [0.3, 0.4) is 0 Å². The first-order valence-electron chi connectivity index (χ1n) is 10.4. The van der Waals surface area contributed by atoms with Crippen molar-refractivity contribution in [3.63, 3.8) is 0 Å². The van der Waals surface area contributed by atoms with Gasteiger partial charge in [0.25, 0.3) is 5.91 Å². The molecule has 0 unspecified atom stereocenters. The van der Waals surface area contributed by atoms with Gasteiger partial charge in [-0.2, -0.15) is 0 Å². The quantitative estimate of drug-likeness (QED) is 0.752. The Hall–Kier alpha value is -2.08. The van der Waals surface area contributed by atoms with E-state index in [1.54, 1.807) is 7.11 Å². The van der Waals surface area contributed by atoms with Crippen LogP contribution in [0, 0.1) is 5.92 Å². The zero-order chi connectivity index (χ0) is 19.9. The average Bonchev–Trinajstić information content (AvgIpc) is 2.72. The van der Waals surface area contributed by atoms with Gasteiger partial charge in [0.1, 0.15) is 11.9 Å². The SMILES string of the molecule is COCCC(=O)N1CCC(Oc2ccc(C(=O)N3CCC[C@@H](C)C3)cc2)CC1. The van der Waals surface area contributed by atoms with E-state index in [4.69, 9.17) is 9.47 Å². The highest BCUT2D eigenvalue weighted by Gasteiger charge is 2.24. The predicted molar refractivity (Wildman–Crippen MR) is 107 cm³/mol. The van der Waals surface area contributed by atoms with Gasteiger partial charge in [0, 0.05) is 51.7 Å². The van der Waals surface area contributed by atoms with Crippen molar-refractivity contribution in [1.82, 2.24) is 9.80 Å². The van der Waals surface area contributed by atoms with Crippen LogP contribution in [-0.2, 0) is 9.53 Å². The molecule has 2 heterocycles. The number of methoxy groups -OCH3 is 1. The second-order valence-corrected chi connectivity index (χ2v) is 7.96. The first-order valence-corrected chi connectivity index (χ1v) is 10.4. The van der Waals surface area contributed by atoms with Gasteiger partial charge in [0.2, 0.25) is 5.91 Å². The molecule has 1 aromatic carbocycles. The number of ether oxygens (including phenoxy) is 2. The molecule has 2 saturated heterocycles. The summed E-state index contributed by atoms with van der Waals surface area (Å²) in [5.41, 5.74) is 0.722. The maximum Gasteiger partial charge on any atom is 0.253 e. The van der Waals surface area contributed by atoms with Crippen LogP contribution in [0.25, 0.3) is 0 Å². The van der Waals surface area contributed by atoms with E-state index in [2.05, 4.69) is 6.92 Å². The molecule has 2 aliphatic heterocycles. The van der Waals surface area contributed by atoms with Crippen molar-refractivity contribution in [2.45, 2.75) is 45.1 Å². The number of likely N-dealkylation sites (tertiary alicyclic amines) is 2. The third-order valence-electron chi connectivity index (χ3n) is 5.66. The third-order valence-corrected chi connectivity index (χ3v) is 5.66. The fourth-order valence-corrected chi connectivity index (χ4v) is 4.00. The van der Waals surface area contributed by atoms with Crippen molar-refractivity contribution in [2.24, 2.45) is 5.92 Å². The molecule has 2 fully saturated rings. The number of hydrogen-bond acceptors (Lipinski definition) is 4. The molecule has 2 aliphatic rings. The zero-order valence-electron chi connectivity index (χ0n) is 17.1. The highest BCUT2D eigenvalue weighted by Crippen LogP contribution is 2.22. The topological polar surface area (TPSA) is 59.1 Å². The van der Waals surface area contributed by atoms with Crippen molar-refractivity contribution >= 4 is 11.8 Å². The lowest BCUT2D eigenvalue weighted by Crippen LogP contribution is -2.42. The largest absolute Gasteiger partial charge is 0.490 e. The minimum Gasteiger partial charge on any atom is -0.490 e. The Bertz CT molecular complexity index is 653. The molecular weight excluding hydrogens is 356 g/mol. The Kier molecular flexibility index (Phi) is 7.31. The van der Waals surface area contributed by atoms with Crippen molar-refractivity contribution < 1.29 is 19.1 Å². The smallest absolute Gasteiger partial charge is 0.253 e. The Morgan fingerprint density at radius 1 is 1.04 bits per heavy atom. The van der Waals surface area contributed by atoms with E-state index in [0.29, 0.717) is 18.9 Å². The standard InChI is InChI=1S/C22H32N2O4/c1-17-4-3-12-24(16-17)22(26)18-5-7-19(8-6-18)28-20-9-13-23(14-10-20)21(25)11-15-27-2/h5-8,17,20H,3-4,9-16H2,1-2H3/t17-/m1/s1. The molecular formula is C22H32N2O4. The van der Waals surface area contributed by atoms with Gasteiger partial charge in [0.15, 0.2) is 0 Å². The first kappa shape index (κ1) is 20.6. The van der Waals surface area contributed by atoms with Crippen LogP contribution in [0.5, 0.6) is 5.75 Å². The minimum atomic E-state index is 0.107. The number of nitrogens with zero attached hydrogens (tertiary/aromatic N) is 2. The molecule has 0 N–H and O–H groups in total. The number of rotatable bonds is 6. The van der Waals surface area contributed by atoms with Crippen LogP contribution in [0.1, 0.15) is 49.4 Å². The summed E-state index contributed by atoms with van der Waals surface area (Å²) in [6, 6.07) is 7.49. The van der Waals surface area contributed by atoms with Gasteiger partial charge in [-0.3, -0.25) is 9.59 Å². The van der Waals surface area contributed by atoms with Crippen LogP contribution in [0.4, 0.5) is 0 Å². The van der Waals surface area contributed by atoms with E-state index < -0.39 is 0 Å². The van der Waals surface area contributed by atoms with E-state index in [9.17, 15) is 9.59 Å². The molecule has 1 aromatic rings. The normalized spacial score (nSPS) is 20.9. The Balaban J connectivity index is 1.47. The lowest BCUT2D eigenvalue weighted by molar-refractivity contribution is -0.133. The van der Waals surface area contributed by atoms with Crippen LogP contribution in [-0.4, -0.2) is 67.6 Å². The van der Waals surface area contributed by atoms with E-state index >= 15 is 0 Å². The summed E-state index contributed by atoms with van der Waals surface area (Å²) in [5.74, 6) is 1.62. The zero-order valence-corrected chi connectivity index (χ0v) is 17.1. The molecule has 0 saturated carbocycles. The molecule has 1 atom stereocenters. The summed E-state index contributed by atoms with van der Waals surface area (Å²) >= 11 is 0. The minimum absolute atomic E-state index is 0.107. The van der Waals surface area contributed by atoms with Crippen LogP contribution < -0.4 is 4.74 Å². The van der Waals surface area contributed by atoms with Crippen molar-refractivity contribution in [2.75, 3.05) is 39.9 Å². The second-order valence-electron chi connectivity index (χ2n) is 7.96. The second kappa shape index (κ2) is 9.92. The summed E-state index contributed by atoms with van der Waals surface area (Å²) < 4.78 is 11.0. The molecule has 0 aliphatic carbocycles. The number of amides is 2. The Labute approximate surface area is 167 Å². The molecule has 6 heteroatoms. The van der Waals surface area contributed by atoms with Crippen LogP contribution >= 0.6 is 0 Å². The monoisotopic (exact) mass is 388 g/mol. The Morgan fingerprint density at radius 2 is 1.75 bits per heavy atom. The summed E-state index contributed by atoms with van der Waals surface area (Å²) in [4.78, 5) is 28.6. The maximum atomic E-state index is 12.7. The molecule has 0 bridgehead atoms. The Morgan fingerprint density at radius 3 is 2.39 bits per heavy atom. The van der Waals surface area contributed by atoms with Gasteiger partial charge in [-0.1, -0.05) is 6.92 Å². The molecule has 28 heavy (non-hydrogen) atoms. The molecule has 6 nitrogen and oxygen atoms in total. The van der Waals surface area contributed by atoms with Gasteiger partial charge in [-0.25, -0.2) is 0 Å². The molecule has 3 rings (SSSR count). The van der Waals surface area contributed by atoms with E-state index in [-0.39, 0.29) is 17.9 Å². The van der Waals surface area contributed by atoms with Crippen molar-refractivity contribution in [1.29, 1.82) is 0 Å². The number of piperidine rings is 2. The number of carbonyl (C=O) groups excluding carboxylic acids is 2. The van der Waals surface area contributed by atoms with Gasteiger partial charge in [0.05, 0.1) is 13.0 Å². The van der Waals surface area contributed by atoms with Gasteiger partial charge in [-0.05, 0) is 43.0 Å². The van der Waals surface area contributed by atoms with Crippen LogP contribution in [0.2, 0.25) is 0 Å². The fraction of sp³-hybridized carbons (Fsp3) is 0.636. The van der Waals surface area contributed by atoms with Crippen LogP contribution in [0.15, 0.2) is 24.3 Å². The third kappa shape index (κ3) is 5.47. The van der Waals surface area contributed by atoms with Gasteiger partial charge < -0.3 is 19.3 Å². The van der Waals surface area contributed by atoms with Gasteiger partial charge in [-0.15, -0.1) is 0 Å². The first-order chi connectivity index (χ1) is 13.6. The highest BCUT2D eigenvalue weighted by atomic mass is 16.5. The van der Waals surface area contributed by atoms with Gasteiger partial charge >= 0.3 is 0 Å². The molecule has 2 amide bonds. The highest BCUT2D eigenvalue weighted by molar-refractivity contribution is 5.94. The molecule has 154 valence electrons. The van der Waals surface area contributed by atoms with Crippen molar-refractivity contribution in [3.8, 4) is 5.75 Å². The predicted octanol–water partition coefficient (Wildman–Crippen LogP) is 2.97. The number of hydrogen-bond donors (Lipinski definition) is 0. The number of carbonyl (C=O) groups is 2. The number of benzene rings is 1. The van der Waals surface area contributed by atoms with Crippen molar-refractivity contribution in [3.05, 3.63) is 29.8 Å². The summed E-state index contributed by atoms with van der Waals surface area (Å²) in [6.45, 7) is 5.80. The molecule has 0 aromatic heterocycles. The van der Waals surface area contributed by atoms with E-state index in [1.165, 1.54) is 6.42 Å². The summed E-state index contributed by atoms with van der Waals surface area (Å²) in [5, 5.41) is 0. The lowest BCUT2D eigenvalue weighted by Gasteiger charge is -2.32. The van der Waals surface area contributed by atoms with E-state index in [1.807, 2.05) is 34.1 Å².